The van der Waals surface area contributed by atoms with Crippen molar-refractivity contribution >= 4 is 11.3 Å². The number of aromatic nitrogens is 1. The Morgan fingerprint density at radius 3 is 2.59 bits per heavy atom. The van der Waals surface area contributed by atoms with Crippen molar-refractivity contribution in [3.05, 3.63) is 15.6 Å². The average Bonchev–Trinajstić information content (AvgIpc) is 2.55. The fourth-order valence-corrected chi connectivity index (χ4v) is 2.80. The van der Waals surface area contributed by atoms with Gasteiger partial charge in [0.25, 0.3) is 0 Å². The highest BCUT2D eigenvalue weighted by Crippen LogP contribution is 2.22. The number of rotatable bonds is 7. The minimum atomic E-state index is 0.246. The lowest BCUT2D eigenvalue weighted by Crippen LogP contribution is -2.29. The van der Waals surface area contributed by atoms with Crippen molar-refractivity contribution in [3.8, 4) is 0 Å². The van der Waals surface area contributed by atoms with Crippen molar-refractivity contribution in [3.63, 3.8) is 0 Å². The normalized spacial score (nSPS) is 12.1. The van der Waals surface area contributed by atoms with E-state index in [9.17, 15) is 0 Å². The zero-order valence-corrected chi connectivity index (χ0v) is 12.2. The van der Waals surface area contributed by atoms with E-state index < -0.39 is 0 Å². The Hall–Kier alpha value is -0.450. The molecule has 4 heteroatoms. The van der Waals surface area contributed by atoms with Gasteiger partial charge in [-0.3, -0.25) is 0 Å². The minimum absolute atomic E-state index is 0.246. The predicted molar refractivity (Wildman–Crippen MR) is 73.4 cm³/mol. The molecule has 0 bridgehead atoms. The van der Waals surface area contributed by atoms with E-state index in [1.807, 2.05) is 6.92 Å². The number of nitrogens with one attached hydrogen (secondary N) is 1. The van der Waals surface area contributed by atoms with Crippen LogP contribution in [0.15, 0.2) is 0 Å². The lowest BCUT2D eigenvalue weighted by Gasteiger charge is -2.24. The quantitative estimate of drug-likeness (QED) is 0.788. The van der Waals surface area contributed by atoms with E-state index in [0.717, 1.165) is 36.6 Å². The minimum Gasteiger partial charge on any atom is -0.396 e. The van der Waals surface area contributed by atoms with Crippen molar-refractivity contribution < 1.29 is 5.11 Å². The molecule has 0 amide bonds. The summed E-state index contributed by atoms with van der Waals surface area (Å²) in [5, 5.41) is 13.5. The van der Waals surface area contributed by atoms with Crippen LogP contribution in [0.3, 0.4) is 0 Å². The molecule has 0 saturated carbocycles. The van der Waals surface area contributed by atoms with Crippen LogP contribution < -0.4 is 5.32 Å². The fourth-order valence-electron chi connectivity index (χ4n) is 1.90. The summed E-state index contributed by atoms with van der Waals surface area (Å²) in [4.78, 5) is 5.75. The molecule has 1 aromatic heterocycles. The third-order valence-corrected chi connectivity index (χ3v) is 3.97. The van der Waals surface area contributed by atoms with Crippen molar-refractivity contribution in [1.82, 2.24) is 10.3 Å². The first kappa shape index (κ1) is 14.6. The second-order valence-electron chi connectivity index (χ2n) is 5.34. The van der Waals surface area contributed by atoms with Gasteiger partial charge in [-0.05, 0) is 32.1 Å². The van der Waals surface area contributed by atoms with Gasteiger partial charge in [-0.2, -0.15) is 0 Å². The molecule has 0 fully saturated rings. The van der Waals surface area contributed by atoms with Crippen LogP contribution in [0.1, 0.15) is 42.3 Å². The Labute approximate surface area is 108 Å². The van der Waals surface area contributed by atoms with E-state index in [2.05, 4.69) is 31.1 Å². The highest BCUT2D eigenvalue weighted by atomic mass is 32.1. The highest BCUT2D eigenvalue weighted by Gasteiger charge is 2.16. The van der Waals surface area contributed by atoms with E-state index in [1.54, 1.807) is 11.3 Å². The van der Waals surface area contributed by atoms with Gasteiger partial charge in [-0.1, -0.05) is 13.8 Å². The summed E-state index contributed by atoms with van der Waals surface area (Å²) in [7, 11) is 0. The topological polar surface area (TPSA) is 45.2 Å². The highest BCUT2D eigenvalue weighted by molar-refractivity contribution is 7.11. The first-order valence-electron chi connectivity index (χ1n) is 6.19. The van der Waals surface area contributed by atoms with E-state index in [-0.39, 0.29) is 12.0 Å². The van der Waals surface area contributed by atoms with Crippen LogP contribution in [0, 0.1) is 19.3 Å². The second kappa shape index (κ2) is 6.47. The second-order valence-corrected chi connectivity index (χ2v) is 6.62. The number of aryl methyl sites for hydroxylation is 2. The number of thiazole rings is 1. The van der Waals surface area contributed by atoms with E-state index in [1.165, 1.54) is 4.88 Å². The zero-order chi connectivity index (χ0) is 12.9. The maximum atomic E-state index is 8.85. The lowest BCUT2D eigenvalue weighted by molar-refractivity contribution is 0.236. The Morgan fingerprint density at radius 2 is 2.06 bits per heavy atom. The Balaban J connectivity index is 2.34. The van der Waals surface area contributed by atoms with Gasteiger partial charge in [0, 0.05) is 24.6 Å². The predicted octanol–water partition coefficient (Wildman–Crippen LogP) is 2.65. The van der Waals surface area contributed by atoms with Crippen molar-refractivity contribution in [1.29, 1.82) is 0 Å². The van der Waals surface area contributed by atoms with E-state index >= 15 is 0 Å². The molecule has 0 atom stereocenters. The van der Waals surface area contributed by atoms with Gasteiger partial charge >= 0.3 is 0 Å². The first-order valence-corrected chi connectivity index (χ1v) is 7.01. The molecule has 0 aromatic carbocycles. The van der Waals surface area contributed by atoms with Crippen LogP contribution in [0.25, 0.3) is 0 Å². The van der Waals surface area contributed by atoms with Crippen molar-refractivity contribution in [2.75, 3.05) is 13.2 Å². The summed E-state index contributed by atoms with van der Waals surface area (Å²) in [6.45, 7) is 10.8. The largest absolute Gasteiger partial charge is 0.396 e. The van der Waals surface area contributed by atoms with Crippen LogP contribution in [0.5, 0.6) is 0 Å². The number of aliphatic hydroxyl groups excluding tert-OH is 1. The van der Waals surface area contributed by atoms with Gasteiger partial charge in [-0.15, -0.1) is 11.3 Å². The number of hydrogen-bond donors (Lipinski definition) is 2. The molecular formula is C13H24N2OS. The summed E-state index contributed by atoms with van der Waals surface area (Å²) in [5.41, 5.74) is 1.39. The smallest absolute Gasteiger partial charge is 0.0900 e. The lowest BCUT2D eigenvalue weighted by atomic mass is 9.88. The Kier molecular flexibility index (Phi) is 5.56. The van der Waals surface area contributed by atoms with Gasteiger partial charge in [-0.25, -0.2) is 4.98 Å². The maximum absolute atomic E-state index is 8.85. The monoisotopic (exact) mass is 256 g/mol. The molecule has 0 aliphatic carbocycles. The molecule has 0 aliphatic heterocycles. The Bertz CT molecular complexity index is 347. The first-order chi connectivity index (χ1) is 7.94. The SMILES string of the molecule is Cc1nc(C)c(CNCC(C)(C)CCCO)s1. The number of aliphatic hydroxyl groups is 1. The van der Waals surface area contributed by atoms with Gasteiger partial charge in [0.2, 0.25) is 0 Å². The fraction of sp³-hybridized carbons (Fsp3) is 0.769. The van der Waals surface area contributed by atoms with E-state index in [0.29, 0.717) is 0 Å². The molecule has 0 unspecified atom stereocenters. The van der Waals surface area contributed by atoms with Gasteiger partial charge < -0.3 is 10.4 Å². The third kappa shape index (κ3) is 5.15. The molecular weight excluding hydrogens is 232 g/mol. The third-order valence-electron chi connectivity index (χ3n) is 2.90. The van der Waals surface area contributed by atoms with Gasteiger partial charge in [0.05, 0.1) is 10.7 Å². The molecule has 1 aromatic rings. The summed E-state index contributed by atoms with van der Waals surface area (Å²) < 4.78 is 0. The summed E-state index contributed by atoms with van der Waals surface area (Å²) >= 11 is 1.77. The molecule has 0 aliphatic rings. The molecule has 1 rings (SSSR count). The zero-order valence-electron chi connectivity index (χ0n) is 11.3. The van der Waals surface area contributed by atoms with E-state index in [4.69, 9.17) is 5.11 Å². The Morgan fingerprint density at radius 1 is 1.35 bits per heavy atom. The van der Waals surface area contributed by atoms with Gasteiger partial charge in [0.15, 0.2) is 0 Å². The van der Waals surface area contributed by atoms with Crippen LogP contribution >= 0.6 is 11.3 Å². The summed E-state index contributed by atoms with van der Waals surface area (Å²) in [6, 6.07) is 0. The number of hydrogen-bond acceptors (Lipinski definition) is 4. The molecule has 98 valence electrons. The molecule has 0 radical (unpaired) electrons. The molecule has 17 heavy (non-hydrogen) atoms. The summed E-state index contributed by atoms with van der Waals surface area (Å²) in [6.07, 6.45) is 1.94. The van der Waals surface area contributed by atoms with Gasteiger partial charge in [0.1, 0.15) is 0 Å². The standard InChI is InChI=1S/C13H24N2OS/c1-10-12(17-11(2)15-10)8-14-9-13(3,4)6-5-7-16/h14,16H,5-9H2,1-4H3. The average molecular weight is 256 g/mol. The molecule has 1 heterocycles. The molecule has 2 N–H and O–H groups in total. The van der Waals surface area contributed by atoms with Crippen LogP contribution in [0.2, 0.25) is 0 Å². The van der Waals surface area contributed by atoms with Crippen molar-refractivity contribution in [2.24, 2.45) is 5.41 Å². The number of nitrogens with zero attached hydrogens (tertiary/aromatic N) is 1. The van der Waals surface area contributed by atoms with Crippen LogP contribution in [-0.4, -0.2) is 23.2 Å². The molecule has 0 saturated heterocycles. The molecule has 3 nitrogen and oxygen atoms in total. The van der Waals surface area contributed by atoms with Crippen LogP contribution in [0.4, 0.5) is 0 Å². The van der Waals surface area contributed by atoms with Crippen molar-refractivity contribution in [2.45, 2.75) is 47.1 Å². The van der Waals surface area contributed by atoms with Crippen LogP contribution in [-0.2, 0) is 6.54 Å². The maximum Gasteiger partial charge on any atom is 0.0900 e. The summed E-state index contributed by atoms with van der Waals surface area (Å²) in [5.74, 6) is 0. The molecule has 0 spiro atoms.